The van der Waals surface area contributed by atoms with Crippen LogP contribution in [-0.2, 0) is 10.8 Å². The Bertz CT molecular complexity index is 412. The molecule has 94 valence electrons. The van der Waals surface area contributed by atoms with Gasteiger partial charge in [-0.05, 0) is 18.9 Å². The van der Waals surface area contributed by atoms with Crippen LogP contribution in [0.1, 0.15) is 36.2 Å². The van der Waals surface area contributed by atoms with Crippen molar-refractivity contribution in [3.8, 4) is 0 Å². The Hall–Kier alpha value is -0.960. The van der Waals surface area contributed by atoms with Gasteiger partial charge in [-0.2, -0.15) is 0 Å². The zero-order valence-electron chi connectivity index (χ0n) is 10.7. The summed E-state index contributed by atoms with van der Waals surface area (Å²) < 4.78 is 11.8. The Labute approximate surface area is 106 Å². The van der Waals surface area contributed by atoms with Crippen molar-refractivity contribution in [1.29, 1.82) is 0 Å². The standard InChI is InChI=1S/C14H20O2S/c1-4-11(2)9-17(16)10-14(15)13-7-5-6-12(3)8-13/h5-8,11H,4,9-10H2,1-3H3. The minimum Gasteiger partial charge on any atom is -0.293 e. The molecule has 0 aliphatic heterocycles. The highest BCUT2D eigenvalue weighted by molar-refractivity contribution is 7.85. The van der Waals surface area contributed by atoms with E-state index in [4.69, 9.17) is 0 Å². The van der Waals surface area contributed by atoms with Crippen molar-refractivity contribution in [3.63, 3.8) is 0 Å². The Morgan fingerprint density at radius 3 is 2.71 bits per heavy atom. The molecular formula is C14H20O2S. The maximum absolute atomic E-state index is 11.9. The number of rotatable bonds is 6. The third-order valence-corrected chi connectivity index (χ3v) is 4.32. The zero-order valence-corrected chi connectivity index (χ0v) is 11.5. The molecule has 0 bridgehead atoms. The van der Waals surface area contributed by atoms with E-state index in [1.807, 2.05) is 25.1 Å². The second kappa shape index (κ2) is 6.70. The van der Waals surface area contributed by atoms with Gasteiger partial charge in [0, 0.05) is 22.1 Å². The van der Waals surface area contributed by atoms with E-state index in [0.717, 1.165) is 12.0 Å². The van der Waals surface area contributed by atoms with Crippen molar-refractivity contribution < 1.29 is 9.00 Å². The molecule has 0 spiro atoms. The highest BCUT2D eigenvalue weighted by Crippen LogP contribution is 2.08. The smallest absolute Gasteiger partial charge is 0.175 e. The van der Waals surface area contributed by atoms with Crippen LogP contribution in [0.3, 0.4) is 0 Å². The molecule has 0 radical (unpaired) electrons. The van der Waals surface area contributed by atoms with Gasteiger partial charge in [0.25, 0.3) is 0 Å². The van der Waals surface area contributed by atoms with E-state index >= 15 is 0 Å². The predicted molar refractivity (Wildman–Crippen MR) is 72.8 cm³/mol. The molecule has 3 heteroatoms. The van der Waals surface area contributed by atoms with Crippen LogP contribution in [0, 0.1) is 12.8 Å². The maximum atomic E-state index is 11.9. The lowest BCUT2D eigenvalue weighted by Crippen LogP contribution is -2.16. The Morgan fingerprint density at radius 2 is 2.12 bits per heavy atom. The molecule has 0 aromatic heterocycles. The number of benzene rings is 1. The van der Waals surface area contributed by atoms with E-state index < -0.39 is 10.8 Å². The van der Waals surface area contributed by atoms with Crippen LogP contribution in [-0.4, -0.2) is 21.5 Å². The van der Waals surface area contributed by atoms with E-state index in [2.05, 4.69) is 13.8 Å². The number of carbonyl (C=O) groups is 1. The molecule has 0 fully saturated rings. The first-order valence-electron chi connectivity index (χ1n) is 5.97. The molecule has 0 saturated carbocycles. The Balaban J connectivity index is 2.58. The molecule has 0 aliphatic rings. The van der Waals surface area contributed by atoms with Gasteiger partial charge in [-0.1, -0.05) is 44.0 Å². The fourth-order valence-corrected chi connectivity index (χ4v) is 2.99. The summed E-state index contributed by atoms with van der Waals surface area (Å²) in [6.45, 7) is 6.09. The largest absolute Gasteiger partial charge is 0.293 e. The number of hydrogen-bond donors (Lipinski definition) is 0. The van der Waals surface area contributed by atoms with Gasteiger partial charge in [0.1, 0.15) is 0 Å². The molecule has 0 heterocycles. The van der Waals surface area contributed by atoms with Gasteiger partial charge < -0.3 is 0 Å². The van der Waals surface area contributed by atoms with E-state index in [-0.39, 0.29) is 11.5 Å². The minimum absolute atomic E-state index is 0.0182. The maximum Gasteiger partial charge on any atom is 0.175 e. The minimum atomic E-state index is -1.04. The summed E-state index contributed by atoms with van der Waals surface area (Å²) in [5.74, 6) is 1.17. The first kappa shape index (κ1) is 14.1. The second-order valence-electron chi connectivity index (χ2n) is 4.56. The fourth-order valence-electron chi connectivity index (χ4n) is 1.54. The highest BCUT2D eigenvalue weighted by Gasteiger charge is 2.12. The summed E-state index contributed by atoms with van der Waals surface area (Å²) in [7, 11) is -1.04. The average Bonchev–Trinajstić information content (AvgIpc) is 2.28. The molecule has 1 aromatic rings. The van der Waals surface area contributed by atoms with Crippen LogP contribution in [0.25, 0.3) is 0 Å². The molecule has 0 amide bonds. The van der Waals surface area contributed by atoms with Gasteiger partial charge >= 0.3 is 0 Å². The van der Waals surface area contributed by atoms with Crippen molar-refractivity contribution in [1.82, 2.24) is 0 Å². The lowest BCUT2D eigenvalue weighted by atomic mass is 10.1. The first-order valence-corrected chi connectivity index (χ1v) is 7.46. The van der Waals surface area contributed by atoms with Crippen LogP contribution >= 0.6 is 0 Å². The van der Waals surface area contributed by atoms with Gasteiger partial charge in [-0.25, -0.2) is 0 Å². The van der Waals surface area contributed by atoms with Crippen molar-refractivity contribution in [2.45, 2.75) is 27.2 Å². The van der Waals surface area contributed by atoms with Gasteiger partial charge in [0.05, 0.1) is 5.75 Å². The average molecular weight is 252 g/mol. The summed E-state index contributed by atoms with van der Waals surface area (Å²) in [6, 6.07) is 7.45. The van der Waals surface area contributed by atoms with Crippen LogP contribution in [0.5, 0.6) is 0 Å². The van der Waals surface area contributed by atoms with Crippen LogP contribution in [0.15, 0.2) is 24.3 Å². The third-order valence-electron chi connectivity index (χ3n) is 2.80. The molecule has 2 unspecified atom stereocenters. The molecule has 0 aliphatic carbocycles. The van der Waals surface area contributed by atoms with Crippen molar-refractivity contribution in [2.24, 2.45) is 5.92 Å². The molecular weight excluding hydrogens is 232 g/mol. The SMILES string of the molecule is CCC(C)CS(=O)CC(=O)c1cccc(C)c1. The molecule has 2 nitrogen and oxygen atoms in total. The summed E-state index contributed by atoms with van der Waals surface area (Å²) in [5, 5.41) is 0. The normalized spacial score (nSPS) is 14.3. The number of hydrogen-bond acceptors (Lipinski definition) is 2. The number of Topliss-reactive ketones (excluding diaryl/α,β-unsaturated/α-hetero) is 1. The van der Waals surface area contributed by atoms with E-state index in [1.165, 1.54) is 0 Å². The Kier molecular flexibility index (Phi) is 5.56. The molecule has 0 saturated heterocycles. The molecule has 0 N–H and O–H groups in total. The van der Waals surface area contributed by atoms with Gasteiger partial charge in [0.2, 0.25) is 0 Å². The van der Waals surface area contributed by atoms with Gasteiger partial charge in [-0.15, -0.1) is 0 Å². The lowest BCUT2D eigenvalue weighted by molar-refractivity contribution is 0.102. The van der Waals surface area contributed by atoms with Crippen LogP contribution in [0.2, 0.25) is 0 Å². The van der Waals surface area contributed by atoms with Crippen molar-refractivity contribution in [3.05, 3.63) is 35.4 Å². The monoisotopic (exact) mass is 252 g/mol. The van der Waals surface area contributed by atoms with Crippen molar-refractivity contribution in [2.75, 3.05) is 11.5 Å². The summed E-state index contributed by atoms with van der Waals surface area (Å²) >= 11 is 0. The predicted octanol–water partition coefficient (Wildman–Crippen LogP) is 2.97. The fraction of sp³-hybridized carbons (Fsp3) is 0.500. The lowest BCUT2D eigenvalue weighted by Gasteiger charge is -2.07. The topological polar surface area (TPSA) is 34.1 Å². The molecule has 1 aromatic carbocycles. The first-order chi connectivity index (χ1) is 8.02. The number of carbonyl (C=O) groups excluding carboxylic acids is 1. The summed E-state index contributed by atoms with van der Waals surface area (Å²) in [5.41, 5.74) is 1.73. The van der Waals surface area contributed by atoms with E-state index in [0.29, 0.717) is 17.2 Å². The molecule has 2 atom stereocenters. The molecule has 17 heavy (non-hydrogen) atoms. The van der Waals surface area contributed by atoms with Gasteiger partial charge in [-0.3, -0.25) is 9.00 Å². The zero-order chi connectivity index (χ0) is 12.8. The van der Waals surface area contributed by atoms with Crippen LogP contribution < -0.4 is 0 Å². The highest BCUT2D eigenvalue weighted by atomic mass is 32.2. The van der Waals surface area contributed by atoms with Crippen molar-refractivity contribution >= 4 is 16.6 Å². The number of aryl methyl sites for hydroxylation is 1. The Morgan fingerprint density at radius 1 is 1.41 bits per heavy atom. The van der Waals surface area contributed by atoms with E-state index in [9.17, 15) is 9.00 Å². The number of ketones is 1. The molecule has 1 rings (SSSR count). The quantitative estimate of drug-likeness (QED) is 0.729. The van der Waals surface area contributed by atoms with E-state index in [1.54, 1.807) is 6.07 Å². The van der Waals surface area contributed by atoms with Crippen LogP contribution in [0.4, 0.5) is 0 Å². The third kappa shape index (κ3) is 4.82. The van der Waals surface area contributed by atoms with Gasteiger partial charge in [0.15, 0.2) is 5.78 Å². The summed E-state index contributed by atoms with van der Waals surface area (Å²) in [6.07, 6.45) is 1.00. The second-order valence-corrected chi connectivity index (χ2v) is 6.06. The summed E-state index contributed by atoms with van der Waals surface area (Å²) in [4.78, 5) is 11.9.